The first-order chi connectivity index (χ1) is 8.27. The normalized spacial score (nSPS) is 32.8. The highest BCUT2D eigenvalue weighted by Crippen LogP contribution is 2.44. The molecule has 0 amide bonds. The zero-order valence-electron chi connectivity index (χ0n) is 10.5. The van der Waals surface area contributed by atoms with Gasteiger partial charge >= 0.3 is 0 Å². The van der Waals surface area contributed by atoms with Crippen molar-refractivity contribution in [3.8, 4) is 0 Å². The van der Waals surface area contributed by atoms with Gasteiger partial charge in [-0.15, -0.1) is 0 Å². The molecule has 1 atom stereocenters. The Balaban J connectivity index is 1.71. The van der Waals surface area contributed by atoms with Gasteiger partial charge in [-0.25, -0.2) is 0 Å². The summed E-state index contributed by atoms with van der Waals surface area (Å²) in [6.07, 6.45) is 12.5. The minimum atomic E-state index is 0.174. The molecule has 0 aromatic carbocycles. The van der Waals surface area contributed by atoms with Crippen molar-refractivity contribution >= 4 is 5.78 Å². The molecule has 17 heavy (non-hydrogen) atoms. The van der Waals surface area contributed by atoms with E-state index in [-0.39, 0.29) is 5.60 Å². The molecule has 0 aromatic rings. The average Bonchev–Trinajstić information content (AvgIpc) is 2.77. The maximum atomic E-state index is 11.4. The van der Waals surface area contributed by atoms with Crippen molar-refractivity contribution in [1.29, 1.82) is 0 Å². The fraction of sp³-hybridized carbons (Fsp3) is 0.800. The molecule has 1 aliphatic heterocycles. The molecule has 1 spiro atoms. The second kappa shape index (κ2) is 4.56. The molecule has 1 saturated carbocycles. The van der Waals surface area contributed by atoms with E-state index in [0.29, 0.717) is 11.7 Å². The molecule has 3 rings (SSSR count). The van der Waals surface area contributed by atoms with Gasteiger partial charge in [0.2, 0.25) is 0 Å². The SMILES string of the molecule is O=C1C=C(C2CCOC3(CCCCC3)C2)CC1. The summed E-state index contributed by atoms with van der Waals surface area (Å²) in [6, 6.07) is 0. The molecule has 0 aromatic heterocycles. The van der Waals surface area contributed by atoms with Crippen LogP contribution in [0.1, 0.15) is 57.8 Å². The number of carbonyl (C=O) groups is 1. The van der Waals surface area contributed by atoms with E-state index in [4.69, 9.17) is 4.74 Å². The Bertz CT molecular complexity index is 331. The second-order valence-electron chi connectivity index (χ2n) is 5.97. The van der Waals surface area contributed by atoms with Crippen LogP contribution in [0, 0.1) is 5.92 Å². The Morgan fingerprint density at radius 1 is 1.18 bits per heavy atom. The number of allylic oxidation sites excluding steroid dienone is 2. The summed E-state index contributed by atoms with van der Waals surface area (Å²) in [7, 11) is 0. The molecular formula is C15H22O2. The smallest absolute Gasteiger partial charge is 0.155 e. The highest BCUT2D eigenvalue weighted by atomic mass is 16.5. The molecule has 2 fully saturated rings. The van der Waals surface area contributed by atoms with Gasteiger partial charge in [-0.1, -0.05) is 24.8 Å². The first-order valence-corrected chi connectivity index (χ1v) is 7.15. The quantitative estimate of drug-likeness (QED) is 0.695. The van der Waals surface area contributed by atoms with Gasteiger partial charge in [0.25, 0.3) is 0 Å². The summed E-state index contributed by atoms with van der Waals surface area (Å²) in [5, 5.41) is 0. The van der Waals surface area contributed by atoms with E-state index in [1.165, 1.54) is 44.1 Å². The van der Waals surface area contributed by atoms with Gasteiger partial charge in [-0.2, -0.15) is 0 Å². The Kier molecular flexibility index (Phi) is 3.08. The van der Waals surface area contributed by atoms with E-state index in [0.717, 1.165) is 25.9 Å². The third-order valence-corrected chi connectivity index (χ3v) is 4.79. The van der Waals surface area contributed by atoms with Crippen LogP contribution in [0.3, 0.4) is 0 Å². The van der Waals surface area contributed by atoms with Crippen molar-refractivity contribution in [1.82, 2.24) is 0 Å². The first kappa shape index (κ1) is 11.5. The number of carbonyl (C=O) groups excluding carboxylic acids is 1. The molecular weight excluding hydrogens is 212 g/mol. The lowest BCUT2D eigenvalue weighted by Crippen LogP contribution is -2.41. The van der Waals surface area contributed by atoms with Crippen LogP contribution in [0.25, 0.3) is 0 Å². The van der Waals surface area contributed by atoms with E-state index in [1.54, 1.807) is 0 Å². The second-order valence-corrected chi connectivity index (χ2v) is 5.97. The van der Waals surface area contributed by atoms with Crippen molar-refractivity contribution < 1.29 is 9.53 Å². The summed E-state index contributed by atoms with van der Waals surface area (Å²) in [6.45, 7) is 0.899. The zero-order valence-corrected chi connectivity index (χ0v) is 10.5. The molecule has 2 heteroatoms. The van der Waals surface area contributed by atoms with E-state index in [1.807, 2.05) is 6.08 Å². The van der Waals surface area contributed by atoms with Crippen molar-refractivity contribution in [3.05, 3.63) is 11.6 Å². The largest absolute Gasteiger partial charge is 0.375 e. The summed E-state index contributed by atoms with van der Waals surface area (Å²) in [5.41, 5.74) is 1.59. The van der Waals surface area contributed by atoms with Crippen LogP contribution in [-0.2, 0) is 9.53 Å². The lowest BCUT2D eigenvalue weighted by molar-refractivity contribution is -0.114. The number of ether oxygens (including phenoxy) is 1. The predicted molar refractivity (Wildman–Crippen MR) is 66.8 cm³/mol. The molecule has 1 saturated heterocycles. The number of hydrogen-bond acceptors (Lipinski definition) is 2. The van der Waals surface area contributed by atoms with Crippen LogP contribution in [-0.4, -0.2) is 18.0 Å². The predicted octanol–water partition coefficient (Wildman–Crippen LogP) is 3.41. The van der Waals surface area contributed by atoms with Crippen LogP contribution in [0.4, 0.5) is 0 Å². The van der Waals surface area contributed by atoms with E-state index >= 15 is 0 Å². The molecule has 0 radical (unpaired) electrons. The minimum Gasteiger partial charge on any atom is -0.375 e. The van der Waals surface area contributed by atoms with Crippen molar-refractivity contribution in [3.63, 3.8) is 0 Å². The fourth-order valence-electron chi connectivity index (χ4n) is 3.83. The maximum absolute atomic E-state index is 11.4. The minimum absolute atomic E-state index is 0.174. The third kappa shape index (κ3) is 2.33. The van der Waals surface area contributed by atoms with E-state index < -0.39 is 0 Å². The Hall–Kier alpha value is -0.630. The first-order valence-electron chi connectivity index (χ1n) is 7.15. The molecule has 2 aliphatic carbocycles. The number of hydrogen-bond donors (Lipinski definition) is 0. The Morgan fingerprint density at radius 2 is 2.00 bits per heavy atom. The molecule has 1 unspecified atom stereocenters. The fourth-order valence-corrected chi connectivity index (χ4v) is 3.83. The molecule has 94 valence electrons. The van der Waals surface area contributed by atoms with Gasteiger partial charge in [0, 0.05) is 13.0 Å². The Morgan fingerprint density at radius 3 is 2.71 bits per heavy atom. The van der Waals surface area contributed by atoms with Gasteiger partial charge in [0.05, 0.1) is 5.60 Å². The molecule has 1 heterocycles. The average molecular weight is 234 g/mol. The lowest BCUT2D eigenvalue weighted by Gasteiger charge is -2.44. The summed E-state index contributed by atoms with van der Waals surface area (Å²) >= 11 is 0. The van der Waals surface area contributed by atoms with Gasteiger partial charge in [0.15, 0.2) is 5.78 Å². The molecule has 3 aliphatic rings. The van der Waals surface area contributed by atoms with Crippen molar-refractivity contribution in [2.45, 2.75) is 63.4 Å². The summed E-state index contributed by atoms with van der Waals surface area (Å²) in [4.78, 5) is 11.4. The van der Waals surface area contributed by atoms with Crippen LogP contribution >= 0.6 is 0 Å². The van der Waals surface area contributed by atoms with Gasteiger partial charge in [-0.3, -0.25) is 4.79 Å². The lowest BCUT2D eigenvalue weighted by atomic mass is 9.74. The highest BCUT2D eigenvalue weighted by Gasteiger charge is 2.39. The van der Waals surface area contributed by atoms with Crippen LogP contribution in [0.2, 0.25) is 0 Å². The maximum Gasteiger partial charge on any atom is 0.155 e. The third-order valence-electron chi connectivity index (χ3n) is 4.79. The topological polar surface area (TPSA) is 26.3 Å². The van der Waals surface area contributed by atoms with E-state index in [2.05, 4.69) is 0 Å². The summed E-state index contributed by atoms with van der Waals surface area (Å²) < 4.78 is 6.11. The van der Waals surface area contributed by atoms with Crippen LogP contribution in [0.5, 0.6) is 0 Å². The van der Waals surface area contributed by atoms with Crippen LogP contribution in [0.15, 0.2) is 11.6 Å². The molecule has 2 nitrogen and oxygen atoms in total. The molecule has 0 bridgehead atoms. The zero-order chi connectivity index (χ0) is 11.7. The number of rotatable bonds is 1. The monoisotopic (exact) mass is 234 g/mol. The van der Waals surface area contributed by atoms with Crippen molar-refractivity contribution in [2.24, 2.45) is 5.92 Å². The Labute approximate surface area is 103 Å². The van der Waals surface area contributed by atoms with Crippen LogP contribution < -0.4 is 0 Å². The summed E-state index contributed by atoms with van der Waals surface area (Å²) in [5.74, 6) is 0.970. The van der Waals surface area contributed by atoms with Gasteiger partial charge < -0.3 is 4.74 Å². The van der Waals surface area contributed by atoms with E-state index in [9.17, 15) is 4.79 Å². The van der Waals surface area contributed by atoms with Crippen molar-refractivity contribution in [2.75, 3.05) is 6.61 Å². The molecule has 0 N–H and O–H groups in total. The standard InChI is InChI=1S/C15H22O2/c16-14-5-4-12(10-14)13-6-9-17-15(11-13)7-2-1-3-8-15/h10,13H,1-9,11H2. The highest BCUT2D eigenvalue weighted by molar-refractivity contribution is 5.93. The van der Waals surface area contributed by atoms with Gasteiger partial charge in [-0.05, 0) is 44.1 Å². The van der Waals surface area contributed by atoms with Gasteiger partial charge in [0.1, 0.15) is 0 Å². The number of ketones is 1.